The van der Waals surface area contributed by atoms with Crippen molar-refractivity contribution in [1.29, 1.82) is 0 Å². The third-order valence-corrected chi connectivity index (χ3v) is 4.21. The highest BCUT2D eigenvalue weighted by molar-refractivity contribution is 9.10. The van der Waals surface area contributed by atoms with E-state index in [9.17, 15) is 0 Å². The first-order valence-electron chi connectivity index (χ1n) is 7.49. The fourth-order valence-electron chi connectivity index (χ4n) is 2.36. The Morgan fingerprint density at radius 1 is 1.25 bits per heavy atom. The number of rotatable bonds is 10. The molecule has 0 aliphatic rings. The van der Waals surface area contributed by atoms with E-state index in [1.807, 2.05) is 6.07 Å². The van der Waals surface area contributed by atoms with Crippen LogP contribution in [0.15, 0.2) is 22.7 Å². The molecular weight excluding hydrogens is 316 g/mol. The zero-order chi connectivity index (χ0) is 14.8. The number of nitrogens with one attached hydrogen (secondary N) is 1. The van der Waals surface area contributed by atoms with Gasteiger partial charge in [-0.1, -0.05) is 45.1 Å². The molecule has 0 aliphatic heterocycles. The van der Waals surface area contributed by atoms with Crippen LogP contribution in [0.2, 0.25) is 0 Å². The second kappa shape index (κ2) is 10.2. The van der Waals surface area contributed by atoms with Crippen LogP contribution < -0.4 is 16.0 Å². The number of methoxy groups -OCH3 is 1. The minimum absolute atomic E-state index is 0.344. The van der Waals surface area contributed by atoms with Crippen molar-refractivity contribution in [2.75, 3.05) is 7.11 Å². The van der Waals surface area contributed by atoms with Gasteiger partial charge in [-0.05, 0) is 46.5 Å². The zero-order valence-corrected chi connectivity index (χ0v) is 14.2. The molecule has 4 heteroatoms. The average Bonchev–Trinajstić information content (AvgIpc) is 2.46. The summed E-state index contributed by atoms with van der Waals surface area (Å²) in [5.74, 6) is 6.54. The highest BCUT2D eigenvalue weighted by atomic mass is 79.9. The SMILES string of the molecule is CCCCCCCC(Cc1ccc(OC)c(Br)c1)NN. The first kappa shape index (κ1) is 17.5. The molecule has 114 valence electrons. The molecule has 1 unspecified atom stereocenters. The van der Waals surface area contributed by atoms with Crippen LogP contribution in [0.3, 0.4) is 0 Å². The van der Waals surface area contributed by atoms with E-state index < -0.39 is 0 Å². The van der Waals surface area contributed by atoms with Crippen molar-refractivity contribution in [3.05, 3.63) is 28.2 Å². The third-order valence-electron chi connectivity index (χ3n) is 3.59. The quantitative estimate of drug-likeness (QED) is 0.380. The summed E-state index contributed by atoms with van der Waals surface area (Å²) in [7, 11) is 1.68. The van der Waals surface area contributed by atoms with Crippen molar-refractivity contribution in [2.24, 2.45) is 5.84 Å². The van der Waals surface area contributed by atoms with Gasteiger partial charge in [0, 0.05) is 6.04 Å². The Morgan fingerprint density at radius 3 is 2.60 bits per heavy atom. The monoisotopic (exact) mass is 342 g/mol. The molecule has 0 saturated carbocycles. The summed E-state index contributed by atoms with van der Waals surface area (Å²) in [6.45, 7) is 2.24. The summed E-state index contributed by atoms with van der Waals surface area (Å²) < 4.78 is 6.24. The highest BCUT2D eigenvalue weighted by Gasteiger charge is 2.09. The average molecular weight is 343 g/mol. The van der Waals surface area contributed by atoms with Crippen molar-refractivity contribution < 1.29 is 4.74 Å². The molecule has 3 nitrogen and oxygen atoms in total. The smallest absolute Gasteiger partial charge is 0.133 e. The summed E-state index contributed by atoms with van der Waals surface area (Å²) in [5.41, 5.74) is 4.22. The standard InChI is InChI=1S/C16H27BrN2O/c1-3-4-5-6-7-8-14(19-18)11-13-9-10-16(20-2)15(17)12-13/h9-10,12,14,19H,3-8,11,18H2,1-2H3. The van der Waals surface area contributed by atoms with Gasteiger partial charge in [0.2, 0.25) is 0 Å². The number of benzene rings is 1. The Kier molecular flexibility index (Phi) is 8.90. The largest absolute Gasteiger partial charge is 0.496 e. The van der Waals surface area contributed by atoms with Crippen LogP contribution in [0.4, 0.5) is 0 Å². The lowest BCUT2D eigenvalue weighted by molar-refractivity contribution is 0.411. The van der Waals surface area contributed by atoms with E-state index in [0.29, 0.717) is 6.04 Å². The van der Waals surface area contributed by atoms with Gasteiger partial charge in [0.25, 0.3) is 0 Å². The van der Waals surface area contributed by atoms with E-state index in [0.717, 1.165) is 23.1 Å². The topological polar surface area (TPSA) is 47.3 Å². The van der Waals surface area contributed by atoms with Crippen molar-refractivity contribution >= 4 is 15.9 Å². The fraction of sp³-hybridized carbons (Fsp3) is 0.625. The molecule has 1 aromatic carbocycles. The number of hydrogen-bond acceptors (Lipinski definition) is 3. The van der Waals surface area contributed by atoms with Crippen molar-refractivity contribution in [2.45, 2.75) is 57.9 Å². The molecule has 0 aromatic heterocycles. The number of ether oxygens (including phenoxy) is 1. The molecule has 1 aromatic rings. The number of halogens is 1. The second-order valence-electron chi connectivity index (χ2n) is 5.24. The van der Waals surface area contributed by atoms with Crippen LogP contribution in [-0.2, 0) is 6.42 Å². The van der Waals surface area contributed by atoms with Gasteiger partial charge in [-0.15, -0.1) is 0 Å². The van der Waals surface area contributed by atoms with Crippen LogP contribution >= 0.6 is 15.9 Å². The molecule has 0 spiro atoms. The van der Waals surface area contributed by atoms with Crippen LogP contribution in [0.25, 0.3) is 0 Å². The molecule has 0 heterocycles. The van der Waals surface area contributed by atoms with Crippen LogP contribution in [-0.4, -0.2) is 13.2 Å². The van der Waals surface area contributed by atoms with Crippen LogP contribution in [0.1, 0.15) is 51.0 Å². The molecular formula is C16H27BrN2O. The Morgan fingerprint density at radius 2 is 2.00 bits per heavy atom. The lowest BCUT2D eigenvalue weighted by Gasteiger charge is -2.16. The summed E-state index contributed by atoms with van der Waals surface area (Å²) >= 11 is 3.52. The molecule has 1 atom stereocenters. The predicted molar refractivity (Wildman–Crippen MR) is 88.9 cm³/mol. The molecule has 20 heavy (non-hydrogen) atoms. The Hall–Kier alpha value is -0.580. The first-order valence-corrected chi connectivity index (χ1v) is 8.29. The fourth-order valence-corrected chi connectivity index (χ4v) is 2.95. The molecule has 0 amide bonds. The first-order chi connectivity index (χ1) is 9.71. The molecule has 0 bridgehead atoms. The number of hydrazine groups is 1. The van der Waals surface area contributed by atoms with Crippen molar-refractivity contribution in [3.63, 3.8) is 0 Å². The van der Waals surface area contributed by atoms with E-state index >= 15 is 0 Å². The zero-order valence-electron chi connectivity index (χ0n) is 12.6. The minimum Gasteiger partial charge on any atom is -0.496 e. The van der Waals surface area contributed by atoms with E-state index in [4.69, 9.17) is 10.6 Å². The number of hydrogen-bond donors (Lipinski definition) is 2. The second-order valence-corrected chi connectivity index (χ2v) is 6.09. The maximum absolute atomic E-state index is 5.67. The van der Waals surface area contributed by atoms with Gasteiger partial charge >= 0.3 is 0 Å². The maximum Gasteiger partial charge on any atom is 0.133 e. The van der Waals surface area contributed by atoms with Crippen molar-refractivity contribution in [1.82, 2.24) is 5.43 Å². The van der Waals surface area contributed by atoms with E-state index in [2.05, 4.69) is 40.4 Å². The van der Waals surface area contributed by atoms with Gasteiger partial charge in [-0.2, -0.15) is 0 Å². The third kappa shape index (κ3) is 6.25. The molecule has 0 radical (unpaired) electrons. The molecule has 1 rings (SSSR count). The Labute approximate surface area is 131 Å². The van der Waals surface area contributed by atoms with E-state index in [-0.39, 0.29) is 0 Å². The summed E-state index contributed by atoms with van der Waals surface area (Å²) in [4.78, 5) is 0. The Balaban J connectivity index is 2.41. The summed E-state index contributed by atoms with van der Waals surface area (Å²) in [6, 6.07) is 6.55. The normalized spacial score (nSPS) is 12.4. The van der Waals surface area contributed by atoms with Gasteiger partial charge in [-0.3, -0.25) is 11.3 Å². The summed E-state index contributed by atoms with van der Waals surface area (Å²) in [5, 5.41) is 0. The van der Waals surface area contributed by atoms with E-state index in [1.54, 1.807) is 7.11 Å². The number of nitrogens with two attached hydrogens (primary N) is 1. The lowest BCUT2D eigenvalue weighted by atomic mass is 10.0. The number of unbranched alkanes of at least 4 members (excludes halogenated alkanes) is 4. The summed E-state index contributed by atoms with van der Waals surface area (Å²) in [6.07, 6.45) is 8.59. The van der Waals surface area contributed by atoms with E-state index in [1.165, 1.54) is 37.7 Å². The molecule has 3 N–H and O–H groups in total. The van der Waals surface area contributed by atoms with Crippen molar-refractivity contribution in [3.8, 4) is 5.75 Å². The van der Waals surface area contributed by atoms with Crippen LogP contribution in [0.5, 0.6) is 5.75 Å². The van der Waals surface area contributed by atoms with Gasteiger partial charge in [0.05, 0.1) is 11.6 Å². The maximum atomic E-state index is 5.67. The molecule has 0 fully saturated rings. The van der Waals surface area contributed by atoms with Gasteiger partial charge in [0.1, 0.15) is 5.75 Å². The molecule has 0 aliphatic carbocycles. The van der Waals surface area contributed by atoms with Crippen LogP contribution in [0, 0.1) is 0 Å². The lowest BCUT2D eigenvalue weighted by Crippen LogP contribution is -2.36. The van der Waals surface area contributed by atoms with Gasteiger partial charge < -0.3 is 4.74 Å². The minimum atomic E-state index is 0.344. The predicted octanol–water partition coefficient (Wildman–Crippen LogP) is 4.19. The van der Waals surface area contributed by atoms with Gasteiger partial charge in [0.15, 0.2) is 0 Å². The molecule has 0 saturated heterocycles. The van der Waals surface area contributed by atoms with Gasteiger partial charge in [-0.25, -0.2) is 0 Å². The highest BCUT2D eigenvalue weighted by Crippen LogP contribution is 2.26. The Bertz CT molecular complexity index is 385.